The second-order valence-electron chi connectivity index (χ2n) is 5.72. The van der Waals surface area contributed by atoms with Gasteiger partial charge in [0.2, 0.25) is 0 Å². The molecular formula is C15H19N5O2. The van der Waals surface area contributed by atoms with Gasteiger partial charge in [-0.2, -0.15) is 0 Å². The summed E-state index contributed by atoms with van der Waals surface area (Å²) in [5, 5.41) is 17.0. The lowest BCUT2D eigenvalue weighted by atomic mass is 9.85. The van der Waals surface area contributed by atoms with Crippen molar-refractivity contribution in [1.29, 1.82) is 0 Å². The summed E-state index contributed by atoms with van der Waals surface area (Å²) in [5.74, 6) is 0. The smallest absolute Gasteiger partial charge is 0.182 e. The topological polar surface area (TPSA) is 103 Å². The van der Waals surface area contributed by atoms with Gasteiger partial charge in [-0.1, -0.05) is 35.4 Å². The van der Waals surface area contributed by atoms with Crippen LogP contribution in [-0.4, -0.2) is 34.9 Å². The Morgan fingerprint density at radius 2 is 2.27 bits per heavy atom. The number of nitrogens with one attached hydrogen (secondary N) is 1. The van der Waals surface area contributed by atoms with E-state index < -0.39 is 18.1 Å². The summed E-state index contributed by atoms with van der Waals surface area (Å²) in [6.07, 6.45) is 0.0748. The molecule has 1 aromatic rings. The highest BCUT2D eigenvalue weighted by Gasteiger charge is 2.53. The van der Waals surface area contributed by atoms with Crippen molar-refractivity contribution in [2.24, 2.45) is 10.1 Å². The number of benzene rings is 1. The number of aliphatic hydroxyl groups is 1. The molecule has 0 amide bonds. The lowest BCUT2D eigenvalue weighted by Gasteiger charge is -2.50. The number of rotatable bonds is 4. The van der Waals surface area contributed by atoms with E-state index in [4.69, 9.17) is 10.3 Å². The second kappa shape index (κ2) is 6.06. The van der Waals surface area contributed by atoms with E-state index in [0.717, 1.165) is 5.71 Å². The summed E-state index contributed by atoms with van der Waals surface area (Å²) >= 11 is 0. The van der Waals surface area contributed by atoms with Gasteiger partial charge >= 0.3 is 0 Å². The summed E-state index contributed by atoms with van der Waals surface area (Å²) in [5.41, 5.74) is 9.90. The molecule has 1 aromatic carbocycles. The van der Waals surface area contributed by atoms with Crippen LogP contribution in [-0.2, 0) is 11.3 Å². The molecule has 2 N–H and O–H groups in total. The standard InChI is InChI=1S/C15H19N5O2/c1-10-13(17-9-11-5-3-2-4-6-11)15(18-10)8-7-12(19-20-16)14(21)22-15/h2-6,12-14,17,21H,7-9H2,1H3/t12?,13-,14?,15+/m1/s1. The largest absolute Gasteiger partial charge is 0.367 e. The van der Waals surface area contributed by atoms with E-state index >= 15 is 0 Å². The van der Waals surface area contributed by atoms with Gasteiger partial charge in [-0.15, -0.1) is 0 Å². The summed E-state index contributed by atoms with van der Waals surface area (Å²) < 4.78 is 5.69. The van der Waals surface area contributed by atoms with Crippen LogP contribution >= 0.6 is 0 Å². The first-order valence-electron chi connectivity index (χ1n) is 7.38. The first kappa shape index (κ1) is 15.0. The number of hydrogen-bond donors (Lipinski definition) is 2. The predicted octanol–water partition coefficient (Wildman–Crippen LogP) is 2.12. The van der Waals surface area contributed by atoms with E-state index in [9.17, 15) is 5.11 Å². The molecule has 2 heterocycles. The lowest BCUT2D eigenvalue weighted by molar-refractivity contribution is -0.229. The van der Waals surface area contributed by atoms with Gasteiger partial charge < -0.3 is 15.2 Å². The van der Waals surface area contributed by atoms with Crippen molar-refractivity contribution in [3.63, 3.8) is 0 Å². The number of ether oxygens (including phenoxy) is 1. The molecule has 2 aliphatic rings. The van der Waals surface area contributed by atoms with E-state index in [1.54, 1.807) is 0 Å². The summed E-state index contributed by atoms with van der Waals surface area (Å²) in [4.78, 5) is 7.23. The fourth-order valence-corrected chi connectivity index (χ4v) is 3.13. The molecule has 0 radical (unpaired) electrons. The number of aliphatic imine (C=N–C) groups is 1. The van der Waals surface area contributed by atoms with Crippen molar-refractivity contribution in [2.75, 3.05) is 0 Å². The van der Waals surface area contributed by atoms with Crippen LogP contribution < -0.4 is 5.32 Å². The van der Waals surface area contributed by atoms with E-state index in [1.165, 1.54) is 5.56 Å². The fourth-order valence-electron chi connectivity index (χ4n) is 3.13. The number of aliphatic hydroxyl groups excluding tert-OH is 1. The summed E-state index contributed by atoms with van der Waals surface area (Å²) in [7, 11) is 0. The van der Waals surface area contributed by atoms with Crippen LogP contribution in [0.4, 0.5) is 0 Å². The zero-order chi connectivity index (χ0) is 15.6. The molecule has 1 fully saturated rings. The Hall–Kier alpha value is -1.92. The highest BCUT2D eigenvalue weighted by atomic mass is 16.6. The van der Waals surface area contributed by atoms with E-state index in [2.05, 4.69) is 32.5 Å². The quantitative estimate of drug-likeness (QED) is 0.506. The highest BCUT2D eigenvalue weighted by Crippen LogP contribution is 2.40. The molecule has 3 rings (SSSR count). The van der Waals surface area contributed by atoms with Crippen molar-refractivity contribution in [3.05, 3.63) is 46.3 Å². The van der Waals surface area contributed by atoms with Crippen LogP contribution in [0.15, 0.2) is 40.4 Å². The molecule has 7 heteroatoms. The molecule has 4 atom stereocenters. The molecule has 2 aliphatic heterocycles. The Morgan fingerprint density at radius 1 is 1.50 bits per heavy atom. The Morgan fingerprint density at radius 3 is 2.91 bits per heavy atom. The van der Waals surface area contributed by atoms with Crippen molar-refractivity contribution in [2.45, 2.75) is 50.4 Å². The van der Waals surface area contributed by atoms with E-state index in [1.807, 2.05) is 25.1 Å². The summed E-state index contributed by atoms with van der Waals surface area (Å²) in [6.45, 7) is 2.66. The minimum absolute atomic E-state index is 0.0330. The summed E-state index contributed by atoms with van der Waals surface area (Å²) in [6, 6.07) is 9.52. The monoisotopic (exact) mass is 301 g/mol. The van der Waals surface area contributed by atoms with Gasteiger partial charge in [-0.3, -0.25) is 4.99 Å². The molecule has 116 valence electrons. The van der Waals surface area contributed by atoms with Crippen molar-refractivity contribution in [3.8, 4) is 0 Å². The van der Waals surface area contributed by atoms with E-state index in [-0.39, 0.29) is 6.04 Å². The Bertz CT molecular complexity index is 614. The molecular weight excluding hydrogens is 282 g/mol. The van der Waals surface area contributed by atoms with Gasteiger partial charge in [-0.05, 0) is 30.9 Å². The van der Waals surface area contributed by atoms with Crippen molar-refractivity contribution in [1.82, 2.24) is 5.32 Å². The fraction of sp³-hybridized carbons (Fsp3) is 0.533. The zero-order valence-electron chi connectivity index (χ0n) is 12.4. The van der Waals surface area contributed by atoms with Crippen LogP contribution in [0.2, 0.25) is 0 Å². The third-order valence-corrected chi connectivity index (χ3v) is 4.24. The Labute approximate surface area is 128 Å². The molecule has 2 unspecified atom stereocenters. The minimum Gasteiger partial charge on any atom is -0.367 e. The number of nitrogens with zero attached hydrogens (tertiary/aromatic N) is 4. The lowest BCUT2D eigenvalue weighted by Crippen LogP contribution is -2.66. The predicted molar refractivity (Wildman–Crippen MR) is 82.2 cm³/mol. The third kappa shape index (κ3) is 2.71. The first-order valence-corrected chi connectivity index (χ1v) is 7.38. The molecule has 22 heavy (non-hydrogen) atoms. The molecule has 1 spiro atoms. The normalized spacial score (nSPS) is 33.7. The van der Waals surface area contributed by atoms with Crippen LogP contribution in [0.5, 0.6) is 0 Å². The molecule has 0 aliphatic carbocycles. The minimum atomic E-state index is -1.11. The molecule has 0 bridgehead atoms. The second-order valence-corrected chi connectivity index (χ2v) is 5.72. The van der Waals surface area contributed by atoms with E-state index in [0.29, 0.717) is 19.4 Å². The van der Waals surface area contributed by atoms with Gasteiger partial charge in [0.1, 0.15) is 0 Å². The van der Waals surface area contributed by atoms with Gasteiger partial charge in [0, 0.05) is 17.2 Å². The Kier molecular flexibility index (Phi) is 4.13. The van der Waals surface area contributed by atoms with Crippen LogP contribution in [0, 0.1) is 0 Å². The van der Waals surface area contributed by atoms with Gasteiger partial charge in [0.15, 0.2) is 12.0 Å². The van der Waals surface area contributed by atoms with Crippen LogP contribution in [0.25, 0.3) is 10.4 Å². The maximum Gasteiger partial charge on any atom is 0.182 e. The highest BCUT2D eigenvalue weighted by molar-refractivity contribution is 5.93. The SMILES string of the molecule is CC1=N[C@]2(CCC(N=[N+]=[N-])C(O)O2)[C@@H]1NCc1ccccc1. The van der Waals surface area contributed by atoms with Crippen LogP contribution in [0.3, 0.4) is 0 Å². The molecule has 0 saturated carbocycles. The number of azide groups is 1. The van der Waals surface area contributed by atoms with Gasteiger partial charge in [-0.25, -0.2) is 0 Å². The molecule has 0 aromatic heterocycles. The van der Waals surface area contributed by atoms with Gasteiger partial charge in [0.25, 0.3) is 0 Å². The first-order chi connectivity index (χ1) is 10.6. The average molecular weight is 301 g/mol. The van der Waals surface area contributed by atoms with Crippen molar-refractivity contribution >= 4 is 5.71 Å². The Balaban J connectivity index is 1.66. The molecule has 7 nitrogen and oxygen atoms in total. The molecule has 1 saturated heterocycles. The van der Waals surface area contributed by atoms with Crippen molar-refractivity contribution < 1.29 is 9.84 Å². The van der Waals surface area contributed by atoms with Crippen LogP contribution in [0.1, 0.15) is 25.3 Å². The number of hydrogen-bond acceptors (Lipinski definition) is 5. The van der Waals surface area contributed by atoms with Gasteiger partial charge in [0.05, 0.1) is 12.1 Å². The maximum atomic E-state index is 10.0. The maximum absolute atomic E-state index is 10.0. The third-order valence-electron chi connectivity index (χ3n) is 4.24. The average Bonchev–Trinajstić information content (AvgIpc) is 2.51. The zero-order valence-corrected chi connectivity index (χ0v) is 12.4.